The van der Waals surface area contributed by atoms with Crippen molar-refractivity contribution in [1.82, 2.24) is 20.0 Å². The van der Waals surface area contributed by atoms with Crippen molar-refractivity contribution in [1.29, 1.82) is 0 Å². The standard InChI is InChI=1S/C42H44ClN7O4/c1-26-18-42(25-50(26)33-7-8-36(44-2)35(43)17-33)11-13-47(14-12-42)32-5-3-28(4-6-32)40(53)48-20-27(21-48)19-46-22-29-15-31-24-49(37-9-10-38(51)45-39(37)52)41(54)34(31)16-30(29)23-46/h3-8,15-17,26-27,37H,9-14,18-25H2,1H3,(H,45,51,52)/t26-,37?/m0/s1. The summed E-state index contributed by atoms with van der Waals surface area (Å²) < 4.78 is 0. The highest BCUT2D eigenvalue weighted by atomic mass is 35.5. The smallest absolute Gasteiger partial charge is 0.255 e. The maximum Gasteiger partial charge on any atom is 0.255 e. The van der Waals surface area contributed by atoms with Gasteiger partial charge >= 0.3 is 0 Å². The number of halogens is 1. The maximum absolute atomic E-state index is 13.4. The molecule has 11 nitrogen and oxygen atoms in total. The Balaban J connectivity index is 0.741. The fourth-order valence-electron chi connectivity index (χ4n) is 9.92. The van der Waals surface area contributed by atoms with E-state index in [2.05, 4.69) is 50.0 Å². The van der Waals surface area contributed by atoms with Crippen LogP contribution in [-0.2, 0) is 29.2 Å². The van der Waals surface area contributed by atoms with Gasteiger partial charge in [0.2, 0.25) is 17.5 Å². The topological polar surface area (TPSA) is 101 Å². The number of imide groups is 1. The predicted octanol–water partition coefficient (Wildman–Crippen LogP) is 5.62. The first-order chi connectivity index (χ1) is 26.1. The lowest BCUT2D eigenvalue weighted by atomic mass is 9.76. The number of piperidine rings is 2. The third-order valence-corrected chi connectivity index (χ3v) is 13.1. The number of fused-ring (bicyclic) bond motifs is 2. The molecule has 4 saturated heterocycles. The Kier molecular flexibility index (Phi) is 8.66. The normalized spacial score (nSPS) is 23.8. The van der Waals surface area contributed by atoms with Gasteiger partial charge in [0.25, 0.3) is 11.8 Å². The van der Waals surface area contributed by atoms with Gasteiger partial charge in [-0.3, -0.25) is 29.4 Å². The largest absolute Gasteiger partial charge is 0.371 e. The van der Waals surface area contributed by atoms with Crippen LogP contribution in [0.4, 0.5) is 17.1 Å². The van der Waals surface area contributed by atoms with Crippen molar-refractivity contribution < 1.29 is 19.2 Å². The Bertz CT molecular complexity index is 2100. The zero-order chi connectivity index (χ0) is 37.3. The number of hydrogen-bond donors (Lipinski definition) is 1. The highest BCUT2D eigenvalue weighted by molar-refractivity contribution is 6.33. The number of carbonyl (C=O) groups is 4. The number of benzene rings is 3. The lowest BCUT2D eigenvalue weighted by molar-refractivity contribution is -0.136. The molecule has 1 spiro atoms. The molecule has 0 aliphatic carbocycles. The molecule has 1 unspecified atom stereocenters. The number of nitrogens with zero attached hydrogens (tertiary/aromatic N) is 6. The van der Waals surface area contributed by atoms with Gasteiger partial charge in [0, 0.05) is 105 Å². The van der Waals surface area contributed by atoms with Crippen LogP contribution in [0.25, 0.3) is 4.85 Å². The van der Waals surface area contributed by atoms with E-state index in [0.29, 0.717) is 41.2 Å². The number of hydrogen-bond acceptors (Lipinski definition) is 7. The fraction of sp³-hybridized carbons (Fsp3) is 0.452. The van der Waals surface area contributed by atoms with Crippen molar-refractivity contribution in [2.45, 2.75) is 70.7 Å². The molecule has 6 aliphatic rings. The quantitative estimate of drug-likeness (QED) is 0.258. The van der Waals surface area contributed by atoms with E-state index in [0.717, 1.165) is 99.7 Å². The first kappa shape index (κ1) is 34.8. The van der Waals surface area contributed by atoms with E-state index in [1.807, 2.05) is 41.3 Å². The van der Waals surface area contributed by atoms with Crippen molar-refractivity contribution in [3.63, 3.8) is 0 Å². The second kappa shape index (κ2) is 13.4. The minimum absolute atomic E-state index is 0.0835. The van der Waals surface area contributed by atoms with Crippen LogP contribution in [0.1, 0.15) is 76.4 Å². The Morgan fingerprint density at radius 1 is 0.926 bits per heavy atom. The molecular formula is C42H44ClN7O4. The molecule has 54 heavy (non-hydrogen) atoms. The van der Waals surface area contributed by atoms with Crippen molar-refractivity contribution in [2.75, 3.05) is 49.1 Å². The van der Waals surface area contributed by atoms with Gasteiger partial charge in [-0.15, -0.1) is 0 Å². The number of likely N-dealkylation sites (tertiary alicyclic amines) is 1. The molecule has 3 aromatic rings. The van der Waals surface area contributed by atoms with Gasteiger partial charge in [-0.25, -0.2) is 4.85 Å². The zero-order valence-corrected chi connectivity index (χ0v) is 31.3. The third kappa shape index (κ3) is 6.19. The molecule has 1 N–H and O–H groups in total. The van der Waals surface area contributed by atoms with E-state index in [-0.39, 0.29) is 35.5 Å². The maximum atomic E-state index is 13.4. The SMILES string of the molecule is [C-]#[N+]c1ccc(N2CC3(CCN(c4ccc(C(=O)N5CC(CN6Cc7cc8c(cc7C6)C(=O)N(C6CCC(=O)NC6=O)C8)C5)cc4)CC3)C[C@@H]2C)cc1Cl. The molecule has 4 fully saturated rings. The summed E-state index contributed by atoms with van der Waals surface area (Å²) in [5, 5.41) is 2.89. The summed E-state index contributed by atoms with van der Waals surface area (Å²) in [7, 11) is 0. The Labute approximate surface area is 320 Å². The number of rotatable bonds is 6. The first-order valence-corrected chi connectivity index (χ1v) is 19.5. The van der Waals surface area contributed by atoms with Crippen LogP contribution in [-0.4, -0.2) is 89.7 Å². The molecule has 0 radical (unpaired) electrons. The van der Waals surface area contributed by atoms with Gasteiger partial charge in [0.05, 0.1) is 6.57 Å². The Hall–Kier alpha value is -4.92. The molecule has 0 saturated carbocycles. The summed E-state index contributed by atoms with van der Waals surface area (Å²) in [5.74, 6) is -0.310. The van der Waals surface area contributed by atoms with Crippen LogP contribution in [0.15, 0.2) is 54.6 Å². The zero-order valence-electron chi connectivity index (χ0n) is 30.5. The molecular weight excluding hydrogens is 702 g/mol. The highest BCUT2D eigenvalue weighted by Gasteiger charge is 2.45. The lowest BCUT2D eigenvalue weighted by Gasteiger charge is -2.41. The molecule has 12 heteroatoms. The number of amides is 4. The van der Waals surface area contributed by atoms with Gasteiger partial charge in [0.15, 0.2) is 0 Å². The van der Waals surface area contributed by atoms with Gasteiger partial charge in [0.1, 0.15) is 6.04 Å². The lowest BCUT2D eigenvalue weighted by Crippen LogP contribution is -2.53. The average molecular weight is 746 g/mol. The Morgan fingerprint density at radius 2 is 1.65 bits per heavy atom. The van der Waals surface area contributed by atoms with Crippen LogP contribution >= 0.6 is 11.6 Å². The predicted molar refractivity (Wildman–Crippen MR) is 205 cm³/mol. The third-order valence-electron chi connectivity index (χ3n) is 12.8. The van der Waals surface area contributed by atoms with E-state index in [1.54, 1.807) is 4.90 Å². The summed E-state index contributed by atoms with van der Waals surface area (Å²) in [5.41, 5.74) is 7.74. The van der Waals surface area contributed by atoms with E-state index < -0.39 is 6.04 Å². The average Bonchev–Trinajstić information content (AvgIpc) is 3.80. The highest BCUT2D eigenvalue weighted by Crippen LogP contribution is 2.46. The van der Waals surface area contributed by atoms with Gasteiger partial charge in [-0.1, -0.05) is 23.7 Å². The van der Waals surface area contributed by atoms with Crippen LogP contribution in [0.3, 0.4) is 0 Å². The molecule has 6 heterocycles. The molecule has 278 valence electrons. The number of anilines is 2. The minimum atomic E-state index is -0.600. The molecule has 4 amide bonds. The van der Waals surface area contributed by atoms with Crippen LogP contribution in [0, 0.1) is 17.9 Å². The van der Waals surface area contributed by atoms with Crippen LogP contribution in [0.2, 0.25) is 5.02 Å². The summed E-state index contributed by atoms with van der Waals surface area (Å²) >= 11 is 6.38. The molecule has 9 rings (SSSR count). The van der Waals surface area contributed by atoms with Crippen LogP contribution in [0.5, 0.6) is 0 Å². The van der Waals surface area contributed by atoms with Gasteiger partial charge in [-0.2, -0.15) is 0 Å². The monoisotopic (exact) mass is 745 g/mol. The van der Waals surface area contributed by atoms with Crippen molar-refractivity contribution in [3.05, 3.63) is 98.9 Å². The van der Waals surface area contributed by atoms with Gasteiger partial charge in [-0.05, 0) is 97.2 Å². The second-order valence-electron chi connectivity index (χ2n) is 16.4. The summed E-state index contributed by atoms with van der Waals surface area (Å²) in [6.45, 7) is 16.9. The van der Waals surface area contributed by atoms with Crippen LogP contribution < -0.4 is 15.1 Å². The summed E-state index contributed by atoms with van der Waals surface area (Å²) in [4.78, 5) is 65.1. The second-order valence-corrected chi connectivity index (χ2v) is 16.8. The molecule has 2 atom stereocenters. The van der Waals surface area contributed by atoms with Gasteiger partial charge < -0.3 is 19.6 Å². The van der Waals surface area contributed by atoms with E-state index in [4.69, 9.17) is 18.2 Å². The Morgan fingerprint density at radius 3 is 2.35 bits per heavy atom. The molecule has 0 aromatic heterocycles. The minimum Gasteiger partial charge on any atom is -0.371 e. The van der Waals surface area contributed by atoms with Crippen molar-refractivity contribution >= 4 is 52.3 Å². The van der Waals surface area contributed by atoms with Crippen molar-refractivity contribution in [2.24, 2.45) is 11.3 Å². The summed E-state index contributed by atoms with van der Waals surface area (Å²) in [6, 6.07) is 17.9. The number of carbonyl (C=O) groups excluding carboxylic acids is 4. The molecule has 6 aliphatic heterocycles. The van der Waals surface area contributed by atoms with E-state index in [1.165, 1.54) is 5.56 Å². The fourth-order valence-corrected chi connectivity index (χ4v) is 10.1. The van der Waals surface area contributed by atoms with E-state index in [9.17, 15) is 19.2 Å². The summed E-state index contributed by atoms with van der Waals surface area (Å²) in [6.07, 6.45) is 3.99. The molecule has 0 bridgehead atoms. The molecule has 3 aromatic carbocycles. The van der Waals surface area contributed by atoms with E-state index >= 15 is 0 Å². The number of nitrogens with one attached hydrogen (secondary N) is 1. The first-order valence-electron chi connectivity index (χ1n) is 19.2. The van der Waals surface area contributed by atoms with Crippen molar-refractivity contribution in [3.8, 4) is 0 Å².